The lowest BCUT2D eigenvalue weighted by Gasteiger charge is -2.04. The fourth-order valence-corrected chi connectivity index (χ4v) is 3.15. The first-order chi connectivity index (χ1) is 6.15. The van der Waals surface area contributed by atoms with Gasteiger partial charge in [0, 0.05) is 4.88 Å². The van der Waals surface area contributed by atoms with Crippen LogP contribution < -0.4 is 0 Å². The Bertz CT molecular complexity index is 253. The Hall–Kier alpha value is 0.760. The minimum absolute atomic E-state index is 0.119. The Labute approximate surface area is 101 Å². The van der Waals surface area contributed by atoms with E-state index in [0.717, 1.165) is 20.1 Å². The summed E-state index contributed by atoms with van der Waals surface area (Å²) in [5.41, 5.74) is 0. The van der Waals surface area contributed by atoms with E-state index in [2.05, 4.69) is 22.9 Å². The van der Waals surface area contributed by atoms with Gasteiger partial charge in [-0.05, 0) is 28.4 Å². The van der Waals surface area contributed by atoms with Crippen LogP contribution in [0.2, 0.25) is 5.02 Å². The van der Waals surface area contributed by atoms with E-state index < -0.39 is 0 Å². The first kappa shape index (κ1) is 11.8. The van der Waals surface area contributed by atoms with Crippen LogP contribution in [0, 0.1) is 0 Å². The van der Waals surface area contributed by atoms with E-state index in [1.165, 1.54) is 12.8 Å². The van der Waals surface area contributed by atoms with Crippen molar-refractivity contribution in [1.29, 1.82) is 0 Å². The van der Waals surface area contributed by atoms with Crippen molar-refractivity contribution in [2.24, 2.45) is 0 Å². The van der Waals surface area contributed by atoms with Gasteiger partial charge in [-0.1, -0.05) is 31.4 Å². The molecule has 0 radical (unpaired) electrons. The van der Waals surface area contributed by atoms with Crippen molar-refractivity contribution in [3.63, 3.8) is 0 Å². The maximum absolute atomic E-state index is 6.20. The highest BCUT2D eigenvalue weighted by atomic mass is 79.9. The van der Waals surface area contributed by atoms with Gasteiger partial charge in [-0.25, -0.2) is 0 Å². The summed E-state index contributed by atoms with van der Waals surface area (Å²) < 4.78 is 0.978. The molecule has 0 saturated carbocycles. The van der Waals surface area contributed by atoms with E-state index in [1.807, 2.05) is 6.07 Å². The molecule has 0 aliphatic rings. The lowest BCUT2D eigenvalue weighted by Crippen LogP contribution is -1.85. The Morgan fingerprint density at radius 2 is 2.31 bits per heavy atom. The second-order valence-electron chi connectivity index (χ2n) is 2.88. The first-order valence-electron chi connectivity index (χ1n) is 4.24. The molecule has 1 rings (SSSR count). The molecule has 1 aromatic rings. The molecule has 1 aromatic heterocycles. The van der Waals surface area contributed by atoms with Crippen LogP contribution >= 0.6 is 50.5 Å². The predicted molar refractivity (Wildman–Crippen MR) is 65.1 cm³/mol. The minimum Gasteiger partial charge on any atom is -0.130 e. The van der Waals surface area contributed by atoms with Crippen LogP contribution in [-0.4, -0.2) is 0 Å². The van der Waals surface area contributed by atoms with Crippen molar-refractivity contribution in [3.8, 4) is 0 Å². The summed E-state index contributed by atoms with van der Waals surface area (Å²) in [7, 11) is 0. The SMILES string of the molecule is CCCCC(Cl)c1cc(Cl)c(Br)s1. The zero-order valence-electron chi connectivity index (χ0n) is 7.32. The smallest absolute Gasteiger partial charge is 0.0887 e. The Kier molecular flexibility index (Phi) is 5.09. The largest absolute Gasteiger partial charge is 0.130 e. The van der Waals surface area contributed by atoms with Crippen molar-refractivity contribution < 1.29 is 0 Å². The van der Waals surface area contributed by atoms with Crippen LogP contribution in [0.25, 0.3) is 0 Å². The van der Waals surface area contributed by atoms with Crippen LogP contribution in [-0.2, 0) is 0 Å². The molecule has 13 heavy (non-hydrogen) atoms. The molecule has 0 spiro atoms. The second kappa shape index (κ2) is 5.59. The van der Waals surface area contributed by atoms with E-state index in [-0.39, 0.29) is 5.38 Å². The van der Waals surface area contributed by atoms with Gasteiger partial charge < -0.3 is 0 Å². The Balaban J connectivity index is 2.60. The highest BCUT2D eigenvalue weighted by molar-refractivity contribution is 9.11. The molecule has 0 nitrogen and oxygen atoms in total. The molecule has 0 fully saturated rings. The molecule has 0 saturated heterocycles. The normalized spacial score (nSPS) is 13.2. The third-order valence-electron chi connectivity index (χ3n) is 1.78. The average molecular weight is 302 g/mol. The highest BCUT2D eigenvalue weighted by Gasteiger charge is 2.12. The fraction of sp³-hybridized carbons (Fsp3) is 0.556. The molecule has 1 unspecified atom stereocenters. The van der Waals surface area contributed by atoms with E-state index in [4.69, 9.17) is 23.2 Å². The maximum atomic E-state index is 6.20. The molecule has 0 aliphatic heterocycles. The van der Waals surface area contributed by atoms with Gasteiger partial charge in [-0.2, -0.15) is 0 Å². The molecule has 0 aromatic carbocycles. The summed E-state index contributed by atoms with van der Waals surface area (Å²) in [5, 5.41) is 0.885. The van der Waals surface area contributed by atoms with Gasteiger partial charge in [0.1, 0.15) is 0 Å². The average Bonchev–Trinajstić information content (AvgIpc) is 2.43. The van der Waals surface area contributed by atoms with Crippen molar-refractivity contribution in [3.05, 3.63) is 19.8 Å². The van der Waals surface area contributed by atoms with Crippen LogP contribution in [0.1, 0.15) is 36.4 Å². The summed E-state index contributed by atoms with van der Waals surface area (Å²) in [6, 6.07) is 1.95. The van der Waals surface area contributed by atoms with E-state index >= 15 is 0 Å². The van der Waals surface area contributed by atoms with Crippen molar-refractivity contribution in [2.45, 2.75) is 31.6 Å². The van der Waals surface area contributed by atoms with Crippen LogP contribution in [0.3, 0.4) is 0 Å². The topological polar surface area (TPSA) is 0 Å². The van der Waals surface area contributed by atoms with Crippen molar-refractivity contribution in [1.82, 2.24) is 0 Å². The molecule has 74 valence electrons. The van der Waals surface area contributed by atoms with Gasteiger partial charge in [0.2, 0.25) is 0 Å². The summed E-state index contributed by atoms with van der Waals surface area (Å²) >= 11 is 17.1. The monoisotopic (exact) mass is 300 g/mol. The Morgan fingerprint density at radius 3 is 2.77 bits per heavy atom. The van der Waals surface area contributed by atoms with E-state index in [9.17, 15) is 0 Å². The van der Waals surface area contributed by atoms with Crippen LogP contribution in [0.5, 0.6) is 0 Å². The zero-order chi connectivity index (χ0) is 9.84. The van der Waals surface area contributed by atoms with Gasteiger partial charge in [-0.15, -0.1) is 22.9 Å². The molecular formula is C9H11BrCl2S. The van der Waals surface area contributed by atoms with Gasteiger partial charge in [-0.3, -0.25) is 0 Å². The van der Waals surface area contributed by atoms with Gasteiger partial charge in [0.15, 0.2) is 0 Å². The molecule has 0 bridgehead atoms. The number of halogens is 3. The highest BCUT2D eigenvalue weighted by Crippen LogP contribution is 2.39. The maximum Gasteiger partial charge on any atom is 0.0887 e. The minimum atomic E-state index is 0.119. The first-order valence-corrected chi connectivity index (χ1v) is 6.66. The zero-order valence-corrected chi connectivity index (χ0v) is 11.2. The van der Waals surface area contributed by atoms with Crippen molar-refractivity contribution >= 4 is 50.5 Å². The molecule has 0 aliphatic carbocycles. The van der Waals surface area contributed by atoms with Gasteiger partial charge in [0.25, 0.3) is 0 Å². The number of hydrogen-bond donors (Lipinski definition) is 0. The third kappa shape index (κ3) is 3.43. The molecule has 0 amide bonds. The lowest BCUT2D eigenvalue weighted by atomic mass is 10.2. The number of hydrogen-bond acceptors (Lipinski definition) is 1. The van der Waals surface area contributed by atoms with Crippen LogP contribution in [0.15, 0.2) is 9.85 Å². The summed E-state index contributed by atoms with van der Waals surface area (Å²) in [6.45, 7) is 2.17. The number of rotatable bonds is 4. The third-order valence-corrected chi connectivity index (χ3v) is 4.96. The second-order valence-corrected chi connectivity index (χ2v) is 6.22. The molecule has 1 atom stereocenters. The molecule has 4 heteroatoms. The summed E-state index contributed by atoms with van der Waals surface area (Å²) in [6.07, 6.45) is 3.38. The standard InChI is InChI=1S/C9H11BrCl2S/c1-2-3-4-6(11)8-5-7(12)9(10)13-8/h5-6H,2-4H2,1H3. The number of alkyl halides is 1. The summed E-state index contributed by atoms with van der Waals surface area (Å²) in [5.74, 6) is 0. The fourth-order valence-electron chi connectivity index (χ4n) is 1.04. The Morgan fingerprint density at radius 1 is 1.62 bits per heavy atom. The molecule has 1 heterocycles. The van der Waals surface area contributed by atoms with Gasteiger partial charge >= 0.3 is 0 Å². The quantitative estimate of drug-likeness (QED) is 0.632. The lowest BCUT2D eigenvalue weighted by molar-refractivity contribution is 0.707. The van der Waals surface area contributed by atoms with Gasteiger partial charge in [0.05, 0.1) is 14.2 Å². The van der Waals surface area contributed by atoms with Crippen molar-refractivity contribution in [2.75, 3.05) is 0 Å². The molecular weight excluding hydrogens is 291 g/mol. The van der Waals surface area contributed by atoms with E-state index in [1.54, 1.807) is 11.3 Å². The number of unbranched alkanes of at least 4 members (excludes halogenated alkanes) is 1. The summed E-state index contributed by atoms with van der Waals surface area (Å²) in [4.78, 5) is 1.16. The number of thiophene rings is 1. The predicted octanol–water partition coefficient (Wildman–Crippen LogP) is 5.63. The van der Waals surface area contributed by atoms with E-state index in [0.29, 0.717) is 0 Å². The van der Waals surface area contributed by atoms with Crippen LogP contribution in [0.4, 0.5) is 0 Å². The molecule has 0 N–H and O–H groups in total.